The monoisotopic (exact) mass is 198 g/mol. The van der Waals surface area contributed by atoms with Gasteiger partial charge in [0.2, 0.25) is 0 Å². The molecule has 1 heterocycles. The minimum absolute atomic E-state index is 0.320. The quantitative estimate of drug-likeness (QED) is 0.701. The normalized spacial score (nSPS) is 32.6. The number of likely N-dealkylation sites (N-methyl/N-ethyl adjacent to an activating group) is 1. The molecule has 0 bridgehead atoms. The van der Waals surface area contributed by atoms with Crippen LogP contribution in [0.4, 0.5) is 0 Å². The summed E-state index contributed by atoms with van der Waals surface area (Å²) in [7, 11) is 2.15. The summed E-state index contributed by atoms with van der Waals surface area (Å²) in [6.45, 7) is 3.66. The third-order valence-electron chi connectivity index (χ3n) is 3.74. The second-order valence-corrected chi connectivity index (χ2v) is 4.77. The van der Waals surface area contributed by atoms with Gasteiger partial charge in [-0.05, 0) is 19.9 Å². The van der Waals surface area contributed by atoms with Gasteiger partial charge in [-0.2, -0.15) is 0 Å². The van der Waals surface area contributed by atoms with Gasteiger partial charge in [-0.3, -0.25) is 4.90 Å². The van der Waals surface area contributed by atoms with Crippen molar-refractivity contribution in [2.45, 2.75) is 37.8 Å². The van der Waals surface area contributed by atoms with Gasteiger partial charge < -0.3 is 10.0 Å². The van der Waals surface area contributed by atoms with Crippen molar-refractivity contribution >= 4 is 0 Å². The number of rotatable bonds is 2. The van der Waals surface area contributed by atoms with Gasteiger partial charge in [0.05, 0.1) is 6.61 Å². The van der Waals surface area contributed by atoms with Crippen LogP contribution in [0.1, 0.15) is 25.7 Å². The van der Waals surface area contributed by atoms with Crippen molar-refractivity contribution in [3.05, 3.63) is 0 Å². The van der Waals surface area contributed by atoms with Crippen LogP contribution in [0, 0.1) is 0 Å². The van der Waals surface area contributed by atoms with Crippen LogP contribution in [0.15, 0.2) is 0 Å². The van der Waals surface area contributed by atoms with Crippen molar-refractivity contribution in [3.8, 4) is 0 Å². The van der Waals surface area contributed by atoms with Crippen molar-refractivity contribution in [1.82, 2.24) is 9.80 Å². The van der Waals surface area contributed by atoms with E-state index >= 15 is 0 Å². The third kappa shape index (κ3) is 2.10. The molecular formula is C11H22N2O. The number of hydrogen-bond donors (Lipinski definition) is 1. The van der Waals surface area contributed by atoms with Gasteiger partial charge >= 0.3 is 0 Å². The summed E-state index contributed by atoms with van der Waals surface area (Å²) >= 11 is 0. The zero-order chi connectivity index (χ0) is 9.97. The highest BCUT2D eigenvalue weighted by atomic mass is 16.3. The third-order valence-corrected chi connectivity index (χ3v) is 3.74. The molecule has 1 saturated carbocycles. The Kier molecular flexibility index (Phi) is 3.42. The summed E-state index contributed by atoms with van der Waals surface area (Å²) < 4.78 is 0. The lowest BCUT2D eigenvalue weighted by molar-refractivity contribution is 0.0226. The fraction of sp³-hybridized carbons (Fsp3) is 1.00. The molecule has 1 atom stereocenters. The molecule has 0 radical (unpaired) electrons. The Hall–Kier alpha value is -0.120. The molecule has 2 rings (SSSR count). The summed E-state index contributed by atoms with van der Waals surface area (Å²) in [5.74, 6) is 0. The molecule has 1 N–H and O–H groups in total. The summed E-state index contributed by atoms with van der Waals surface area (Å²) in [6, 6.07) is 1.15. The zero-order valence-electron chi connectivity index (χ0n) is 9.15. The average Bonchev–Trinajstić information content (AvgIpc) is 2.70. The van der Waals surface area contributed by atoms with Crippen molar-refractivity contribution < 1.29 is 5.11 Å². The van der Waals surface area contributed by atoms with E-state index in [9.17, 15) is 5.11 Å². The molecule has 3 nitrogen and oxygen atoms in total. The van der Waals surface area contributed by atoms with E-state index in [0.29, 0.717) is 12.6 Å². The Morgan fingerprint density at radius 2 is 1.93 bits per heavy atom. The molecule has 1 aliphatic carbocycles. The van der Waals surface area contributed by atoms with E-state index in [2.05, 4.69) is 16.8 Å². The lowest BCUT2D eigenvalue weighted by Gasteiger charge is -2.42. The first-order chi connectivity index (χ1) is 6.81. The number of piperazine rings is 1. The molecule has 3 heteroatoms. The van der Waals surface area contributed by atoms with E-state index in [1.54, 1.807) is 0 Å². The summed E-state index contributed by atoms with van der Waals surface area (Å²) in [4.78, 5) is 4.87. The first-order valence-electron chi connectivity index (χ1n) is 5.86. The molecule has 0 aromatic rings. The predicted molar refractivity (Wildman–Crippen MR) is 57.3 cm³/mol. The van der Waals surface area contributed by atoms with Crippen molar-refractivity contribution in [3.63, 3.8) is 0 Å². The Morgan fingerprint density at radius 1 is 1.21 bits per heavy atom. The Morgan fingerprint density at radius 3 is 2.57 bits per heavy atom. The second kappa shape index (κ2) is 4.60. The van der Waals surface area contributed by atoms with Crippen molar-refractivity contribution in [1.29, 1.82) is 0 Å². The van der Waals surface area contributed by atoms with Crippen molar-refractivity contribution in [2.24, 2.45) is 0 Å². The highest BCUT2D eigenvalue weighted by molar-refractivity contribution is 4.87. The zero-order valence-corrected chi connectivity index (χ0v) is 9.15. The first-order valence-corrected chi connectivity index (χ1v) is 5.86. The number of aliphatic hydroxyl groups is 1. The van der Waals surface area contributed by atoms with Gasteiger partial charge in [-0.25, -0.2) is 0 Å². The lowest BCUT2D eigenvalue weighted by atomic mass is 10.1. The number of hydrogen-bond acceptors (Lipinski definition) is 3. The van der Waals surface area contributed by atoms with E-state index in [0.717, 1.165) is 25.7 Å². The molecule has 0 aromatic heterocycles. The minimum Gasteiger partial charge on any atom is -0.395 e. The minimum atomic E-state index is 0.320. The maximum Gasteiger partial charge on any atom is 0.0599 e. The topological polar surface area (TPSA) is 26.7 Å². The smallest absolute Gasteiger partial charge is 0.0599 e. The van der Waals surface area contributed by atoms with Gasteiger partial charge in [0, 0.05) is 31.7 Å². The summed E-state index contributed by atoms with van der Waals surface area (Å²) in [5.41, 5.74) is 0. The molecule has 0 amide bonds. The van der Waals surface area contributed by atoms with Gasteiger partial charge in [0.25, 0.3) is 0 Å². The van der Waals surface area contributed by atoms with Crippen LogP contribution in [0.25, 0.3) is 0 Å². The fourth-order valence-electron chi connectivity index (χ4n) is 2.90. The standard InChI is InChI=1S/C11H22N2O/c1-12-6-7-13(11(8-12)9-14)10-4-2-3-5-10/h10-11,14H,2-9H2,1H3. The van der Waals surface area contributed by atoms with Crippen LogP contribution >= 0.6 is 0 Å². The van der Waals surface area contributed by atoms with Gasteiger partial charge in [-0.1, -0.05) is 12.8 Å². The number of nitrogens with zero attached hydrogens (tertiary/aromatic N) is 2. The fourth-order valence-corrected chi connectivity index (χ4v) is 2.90. The first kappa shape index (κ1) is 10.4. The maximum absolute atomic E-state index is 9.37. The molecule has 0 spiro atoms. The van der Waals surface area contributed by atoms with Gasteiger partial charge in [-0.15, -0.1) is 0 Å². The molecule has 14 heavy (non-hydrogen) atoms. The molecule has 2 fully saturated rings. The van der Waals surface area contributed by atoms with Crippen LogP contribution in [0.3, 0.4) is 0 Å². The molecule has 0 aromatic carbocycles. The number of aliphatic hydroxyl groups excluding tert-OH is 1. The van der Waals surface area contributed by atoms with E-state index in [-0.39, 0.29) is 0 Å². The summed E-state index contributed by atoms with van der Waals surface area (Å²) in [5, 5.41) is 9.37. The van der Waals surface area contributed by atoms with E-state index in [4.69, 9.17) is 0 Å². The largest absolute Gasteiger partial charge is 0.395 e. The van der Waals surface area contributed by atoms with E-state index in [1.807, 2.05) is 0 Å². The Balaban J connectivity index is 1.94. The second-order valence-electron chi connectivity index (χ2n) is 4.77. The van der Waals surface area contributed by atoms with Crippen LogP contribution in [0.2, 0.25) is 0 Å². The van der Waals surface area contributed by atoms with Crippen LogP contribution in [-0.2, 0) is 0 Å². The molecule has 82 valence electrons. The molecule has 1 saturated heterocycles. The van der Waals surface area contributed by atoms with E-state index < -0.39 is 0 Å². The van der Waals surface area contributed by atoms with Crippen LogP contribution in [-0.4, -0.2) is 60.3 Å². The van der Waals surface area contributed by atoms with Gasteiger partial charge in [0.15, 0.2) is 0 Å². The highest BCUT2D eigenvalue weighted by Crippen LogP contribution is 2.26. The van der Waals surface area contributed by atoms with Crippen molar-refractivity contribution in [2.75, 3.05) is 33.3 Å². The van der Waals surface area contributed by atoms with Gasteiger partial charge in [0.1, 0.15) is 0 Å². The molecular weight excluding hydrogens is 176 g/mol. The van der Waals surface area contributed by atoms with Crippen LogP contribution in [0.5, 0.6) is 0 Å². The molecule has 1 aliphatic heterocycles. The SMILES string of the molecule is CN1CCN(C2CCCC2)C(CO)C1. The predicted octanol–water partition coefficient (Wildman–Crippen LogP) is 0.537. The highest BCUT2D eigenvalue weighted by Gasteiger charge is 2.31. The Labute approximate surface area is 86.7 Å². The lowest BCUT2D eigenvalue weighted by Crippen LogP contribution is -2.56. The average molecular weight is 198 g/mol. The maximum atomic E-state index is 9.37. The molecule has 2 aliphatic rings. The van der Waals surface area contributed by atoms with Crippen LogP contribution < -0.4 is 0 Å². The molecule has 1 unspecified atom stereocenters. The summed E-state index contributed by atoms with van der Waals surface area (Å²) in [6.07, 6.45) is 5.46. The Bertz CT molecular complexity index is 180. The van der Waals surface area contributed by atoms with E-state index in [1.165, 1.54) is 25.7 Å².